The molecule has 0 radical (unpaired) electrons. The molecule has 2 amide bonds. The van der Waals surface area contributed by atoms with Gasteiger partial charge in [-0.2, -0.15) is 0 Å². The van der Waals surface area contributed by atoms with Gasteiger partial charge in [-0.3, -0.25) is 9.59 Å². The number of H-pyrrole nitrogens is 1. The molecule has 1 saturated heterocycles. The zero-order valence-corrected chi connectivity index (χ0v) is 17.7. The number of nitrogens with two attached hydrogens (primary N) is 2. The van der Waals surface area contributed by atoms with Gasteiger partial charge in [-0.05, 0) is 48.9 Å². The molecule has 5 N–H and O–H groups in total. The van der Waals surface area contributed by atoms with E-state index >= 15 is 0 Å². The molecule has 1 atom stereocenters. The number of nitrogens with zero attached hydrogens (tertiary/aromatic N) is 2. The van der Waals surface area contributed by atoms with Crippen molar-refractivity contribution in [3.63, 3.8) is 0 Å². The number of rotatable bonds is 6. The van der Waals surface area contributed by atoms with E-state index < -0.39 is 5.91 Å². The topological polar surface area (TPSA) is 118 Å². The van der Waals surface area contributed by atoms with Crippen LogP contribution in [0.25, 0.3) is 11.3 Å². The van der Waals surface area contributed by atoms with Crippen LogP contribution in [0.1, 0.15) is 29.2 Å². The molecule has 0 bridgehead atoms. The van der Waals surface area contributed by atoms with E-state index in [-0.39, 0.29) is 23.3 Å². The predicted octanol–water partition coefficient (Wildman–Crippen LogP) is 2.79. The van der Waals surface area contributed by atoms with Crippen LogP contribution in [0.2, 0.25) is 0 Å². The van der Waals surface area contributed by atoms with Crippen molar-refractivity contribution in [2.75, 3.05) is 18.8 Å². The molecule has 0 spiro atoms. The standard InChI is InChI=1S/C24H25N5O3/c1-2-20(30)28-14-6-7-17(15-28)29-22(21(24(26)31)23(25)27-29)16-10-12-19(13-11-16)32-18-8-4-3-5-9-18/h2-5,8-13,17H,1,6-7,14-15H2,(H4,25,26,27,31)/p+1/t17-/m1/s1. The monoisotopic (exact) mass is 432 g/mol. The lowest BCUT2D eigenvalue weighted by molar-refractivity contribution is -0.764. The van der Waals surface area contributed by atoms with Crippen LogP contribution in [0.5, 0.6) is 11.5 Å². The van der Waals surface area contributed by atoms with Gasteiger partial charge >= 0.3 is 0 Å². The first kappa shape index (κ1) is 21.2. The van der Waals surface area contributed by atoms with Gasteiger partial charge in [0, 0.05) is 18.5 Å². The van der Waals surface area contributed by atoms with E-state index in [2.05, 4.69) is 11.7 Å². The lowest BCUT2D eigenvalue weighted by atomic mass is 10.0. The molecule has 2 aromatic carbocycles. The summed E-state index contributed by atoms with van der Waals surface area (Å²) in [7, 11) is 0. The number of para-hydroxylation sites is 1. The second-order valence-electron chi connectivity index (χ2n) is 7.71. The Balaban J connectivity index is 1.69. The fraction of sp³-hybridized carbons (Fsp3) is 0.208. The molecule has 4 rings (SSSR count). The van der Waals surface area contributed by atoms with Gasteiger partial charge in [0.15, 0.2) is 17.4 Å². The van der Waals surface area contributed by atoms with E-state index in [1.54, 1.807) is 4.90 Å². The smallest absolute Gasteiger partial charge is 0.259 e. The first-order valence-corrected chi connectivity index (χ1v) is 10.5. The van der Waals surface area contributed by atoms with Crippen LogP contribution in [0.15, 0.2) is 67.3 Å². The van der Waals surface area contributed by atoms with Crippen LogP contribution in [0, 0.1) is 0 Å². The summed E-state index contributed by atoms with van der Waals surface area (Å²) < 4.78 is 7.72. The SMILES string of the molecule is C=CC(=O)N1CCC[C@@H]([n+]2[nH]c(N)c(C(N)=O)c2-c2ccc(Oc3ccccc3)cc2)C1. The number of hydrogen-bond acceptors (Lipinski definition) is 4. The third-order valence-electron chi connectivity index (χ3n) is 5.59. The quantitative estimate of drug-likeness (QED) is 0.410. The molecule has 0 saturated carbocycles. The Morgan fingerprint density at radius 3 is 2.47 bits per heavy atom. The molecule has 0 unspecified atom stereocenters. The Kier molecular flexibility index (Phi) is 5.93. The molecule has 0 aliphatic carbocycles. The van der Waals surface area contributed by atoms with Gasteiger partial charge in [-0.1, -0.05) is 24.8 Å². The summed E-state index contributed by atoms with van der Waals surface area (Å²) in [5.41, 5.74) is 13.4. The molecule has 32 heavy (non-hydrogen) atoms. The average Bonchev–Trinajstić information content (AvgIpc) is 3.17. The summed E-state index contributed by atoms with van der Waals surface area (Å²) in [4.78, 5) is 26.1. The number of aromatic amines is 1. The number of anilines is 1. The minimum atomic E-state index is -0.619. The number of amides is 2. The Morgan fingerprint density at radius 1 is 1.12 bits per heavy atom. The minimum absolute atomic E-state index is 0.0849. The third-order valence-corrected chi connectivity index (χ3v) is 5.59. The number of benzene rings is 2. The Bertz CT molecular complexity index is 1140. The molecule has 1 aliphatic rings. The lowest BCUT2D eigenvalue weighted by Gasteiger charge is -2.28. The van der Waals surface area contributed by atoms with Crippen LogP contribution < -0.4 is 20.9 Å². The number of ether oxygens (including phenoxy) is 1. The summed E-state index contributed by atoms with van der Waals surface area (Å²) >= 11 is 0. The number of likely N-dealkylation sites (tertiary alicyclic amines) is 1. The fourth-order valence-electron chi connectivity index (χ4n) is 4.10. The minimum Gasteiger partial charge on any atom is -0.457 e. The van der Waals surface area contributed by atoms with Crippen molar-refractivity contribution in [3.05, 3.63) is 72.8 Å². The summed E-state index contributed by atoms with van der Waals surface area (Å²) in [6, 6.07) is 16.8. The van der Waals surface area contributed by atoms with E-state index in [0.717, 1.165) is 24.2 Å². The maximum atomic E-state index is 12.2. The van der Waals surface area contributed by atoms with Gasteiger partial charge in [0.05, 0.1) is 6.54 Å². The summed E-state index contributed by atoms with van der Waals surface area (Å²) in [5, 5.41) is 3.09. The van der Waals surface area contributed by atoms with Crippen LogP contribution in [0.3, 0.4) is 0 Å². The first-order chi connectivity index (χ1) is 15.5. The molecule has 1 aromatic heterocycles. The highest BCUT2D eigenvalue weighted by atomic mass is 16.5. The highest BCUT2D eigenvalue weighted by Gasteiger charge is 2.37. The molecule has 2 heterocycles. The number of hydrogen-bond donors (Lipinski definition) is 3. The van der Waals surface area contributed by atoms with Gasteiger partial charge in [-0.25, -0.2) is 0 Å². The van der Waals surface area contributed by atoms with Crippen LogP contribution >= 0.6 is 0 Å². The Hall–Kier alpha value is -4.07. The van der Waals surface area contributed by atoms with Gasteiger partial charge in [-0.15, -0.1) is 9.78 Å². The van der Waals surface area contributed by atoms with Crippen molar-refractivity contribution in [2.45, 2.75) is 18.9 Å². The molecule has 8 heteroatoms. The van der Waals surface area contributed by atoms with Crippen molar-refractivity contribution in [3.8, 4) is 22.8 Å². The van der Waals surface area contributed by atoms with Gasteiger partial charge in [0.1, 0.15) is 11.5 Å². The zero-order valence-electron chi connectivity index (χ0n) is 17.7. The molecule has 1 fully saturated rings. The number of piperidine rings is 1. The lowest BCUT2D eigenvalue weighted by Crippen LogP contribution is -2.52. The first-order valence-electron chi connectivity index (χ1n) is 10.5. The van der Waals surface area contributed by atoms with E-state index in [0.29, 0.717) is 24.5 Å². The van der Waals surface area contributed by atoms with Crippen molar-refractivity contribution in [1.29, 1.82) is 0 Å². The summed E-state index contributed by atoms with van der Waals surface area (Å²) in [6.45, 7) is 4.73. The van der Waals surface area contributed by atoms with Crippen LogP contribution in [0.4, 0.5) is 5.82 Å². The van der Waals surface area contributed by atoms with Crippen molar-refractivity contribution in [2.24, 2.45) is 5.73 Å². The maximum Gasteiger partial charge on any atom is 0.259 e. The normalized spacial score (nSPS) is 15.9. The second-order valence-corrected chi connectivity index (χ2v) is 7.71. The summed E-state index contributed by atoms with van der Waals surface area (Å²) in [5.74, 6) is 0.856. The number of carbonyl (C=O) groups is 2. The largest absolute Gasteiger partial charge is 0.457 e. The second kappa shape index (κ2) is 8.97. The molecule has 8 nitrogen and oxygen atoms in total. The van der Waals surface area contributed by atoms with Crippen molar-refractivity contribution >= 4 is 17.6 Å². The molecule has 1 aliphatic heterocycles. The van der Waals surface area contributed by atoms with Crippen molar-refractivity contribution in [1.82, 2.24) is 10.00 Å². The van der Waals surface area contributed by atoms with E-state index in [1.807, 2.05) is 59.3 Å². The highest BCUT2D eigenvalue weighted by molar-refractivity contribution is 6.02. The van der Waals surface area contributed by atoms with E-state index in [1.165, 1.54) is 6.08 Å². The number of nitrogen functional groups attached to an aromatic ring is 1. The van der Waals surface area contributed by atoms with Crippen LogP contribution in [-0.4, -0.2) is 34.9 Å². The van der Waals surface area contributed by atoms with Gasteiger partial charge in [0.2, 0.25) is 5.91 Å². The highest BCUT2D eigenvalue weighted by Crippen LogP contribution is 2.30. The maximum absolute atomic E-state index is 12.2. The van der Waals surface area contributed by atoms with E-state index in [9.17, 15) is 9.59 Å². The Morgan fingerprint density at radius 2 is 1.81 bits per heavy atom. The van der Waals surface area contributed by atoms with Crippen LogP contribution in [-0.2, 0) is 4.79 Å². The van der Waals surface area contributed by atoms with E-state index in [4.69, 9.17) is 16.2 Å². The molecular formula is C24H26N5O3+. The predicted molar refractivity (Wildman–Crippen MR) is 121 cm³/mol. The number of primary amides is 1. The molecule has 3 aromatic rings. The summed E-state index contributed by atoms with van der Waals surface area (Å²) in [6.07, 6.45) is 2.97. The van der Waals surface area contributed by atoms with Gasteiger partial charge < -0.3 is 21.1 Å². The number of nitrogens with one attached hydrogen (secondary N) is 1. The van der Waals surface area contributed by atoms with Gasteiger partial charge in [0.25, 0.3) is 11.6 Å². The number of aromatic nitrogens is 2. The van der Waals surface area contributed by atoms with Crippen molar-refractivity contribution < 1.29 is 19.0 Å². The fourth-order valence-corrected chi connectivity index (χ4v) is 4.10. The molecular weight excluding hydrogens is 406 g/mol. The molecule has 164 valence electrons. The Labute approximate surface area is 186 Å². The number of carbonyl (C=O) groups excluding carboxylic acids is 2. The third kappa shape index (κ3) is 4.20. The average molecular weight is 433 g/mol. The zero-order chi connectivity index (χ0) is 22.7.